The molecule has 0 bridgehead atoms. The Hall–Kier alpha value is -5.16. The number of rotatable bonds is 5. The van der Waals surface area contributed by atoms with Gasteiger partial charge in [0.25, 0.3) is 0 Å². The van der Waals surface area contributed by atoms with Crippen LogP contribution in [0, 0.1) is 48.5 Å². The van der Waals surface area contributed by atoms with Crippen molar-refractivity contribution in [3.05, 3.63) is 130 Å². The largest absolute Gasteiger partial charge is 0.457 e. The highest BCUT2D eigenvalue weighted by atomic mass is 16.5. The molecule has 0 aliphatic heterocycles. The summed E-state index contributed by atoms with van der Waals surface area (Å²) in [5.41, 5.74) is 14.2. The third kappa shape index (κ3) is 4.47. The van der Waals surface area contributed by atoms with Gasteiger partial charge in [-0.3, -0.25) is 4.57 Å². The van der Waals surface area contributed by atoms with Crippen molar-refractivity contribution in [2.24, 2.45) is 0 Å². The molecule has 0 saturated carbocycles. The van der Waals surface area contributed by atoms with Gasteiger partial charge in [-0.1, -0.05) is 30.3 Å². The van der Waals surface area contributed by atoms with Crippen molar-refractivity contribution < 1.29 is 4.74 Å². The number of aryl methyl sites for hydroxylation is 4. The van der Waals surface area contributed by atoms with E-state index in [1.54, 1.807) is 0 Å². The number of aromatic nitrogens is 4. The molecule has 0 saturated heterocycles. The van der Waals surface area contributed by atoms with Crippen LogP contribution in [0.5, 0.6) is 11.5 Å². The molecule has 5 heteroatoms. The molecule has 0 fully saturated rings. The third-order valence-corrected chi connectivity index (χ3v) is 8.98. The topological polar surface area (TPSA) is 44.9 Å². The van der Waals surface area contributed by atoms with Crippen molar-refractivity contribution in [3.8, 4) is 34.1 Å². The van der Waals surface area contributed by atoms with Gasteiger partial charge in [0.2, 0.25) is 0 Å². The lowest BCUT2D eigenvalue weighted by molar-refractivity contribution is 0.483. The van der Waals surface area contributed by atoms with Crippen LogP contribution < -0.4 is 4.74 Å². The van der Waals surface area contributed by atoms with Crippen LogP contribution in [0.3, 0.4) is 0 Å². The summed E-state index contributed by atoms with van der Waals surface area (Å²) < 4.78 is 10.8. The molecule has 0 radical (unpaired) electrons. The molecule has 0 unspecified atom stereocenters. The minimum absolute atomic E-state index is 0.756. The maximum atomic E-state index is 6.52. The third-order valence-electron chi connectivity index (χ3n) is 8.98. The maximum absolute atomic E-state index is 6.52. The van der Waals surface area contributed by atoms with E-state index in [0.717, 1.165) is 50.8 Å². The molecular weight excluding hydrogens is 540 g/mol. The number of pyridine rings is 1. The fourth-order valence-electron chi connectivity index (χ4n) is 6.57. The summed E-state index contributed by atoms with van der Waals surface area (Å²) in [7, 11) is 0. The first kappa shape index (κ1) is 27.7. The minimum atomic E-state index is 0.756. The predicted molar refractivity (Wildman–Crippen MR) is 181 cm³/mol. The first-order valence-corrected chi connectivity index (χ1v) is 15.1. The number of nitrogens with zero attached hydrogens (tertiary/aromatic N) is 4. The summed E-state index contributed by atoms with van der Waals surface area (Å²) in [5.74, 6) is 2.41. The molecule has 0 amide bonds. The summed E-state index contributed by atoms with van der Waals surface area (Å²) in [5, 5.41) is 7.37. The molecule has 44 heavy (non-hydrogen) atoms. The van der Waals surface area contributed by atoms with Crippen molar-refractivity contribution in [2.45, 2.75) is 48.5 Å². The Morgan fingerprint density at radius 2 is 1.34 bits per heavy atom. The lowest BCUT2D eigenvalue weighted by Gasteiger charge is -2.16. The Bertz CT molecular complexity index is 2210. The summed E-state index contributed by atoms with van der Waals surface area (Å²) in [6.07, 6.45) is 1.87. The van der Waals surface area contributed by atoms with Crippen LogP contribution in [-0.4, -0.2) is 19.3 Å². The fourth-order valence-corrected chi connectivity index (χ4v) is 6.57. The smallest absolute Gasteiger partial charge is 0.137 e. The summed E-state index contributed by atoms with van der Waals surface area (Å²) >= 11 is 0. The van der Waals surface area contributed by atoms with Gasteiger partial charge >= 0.3 is 0 Å². The zero-order valence-electron chi connectivity index (χ0n) is 26.4. The number of hydrogen-bond donors (Lipinski definition) is 0. The van der Waals surface area contributed by atoms with Gasteiger partial charge in [0, 0.05) is 40.4 Å². The second-order valence-corrected chi connectivity index (χ2v) is 11.9. The number of hydrogen-bond acceptors (Lipinski definition) is 3. The second-order valence-electron chi connectivity index (χ2n) is 11.9. The van der Waals surface area contributed by atoms with Gasteiger partial charge in [-0.2, -0.15) is 5.10 Å². The van der Waals surface area contributed by atoms with E-state index in [9.17, 15) is 0 Å². The predicted octanol–water partition coefficient (Wildman–Crippen LogP) is 9.98. The van der Waals surface area contributed by atoms with Gasteiger partial charge in [0.15, 0.2) is 0 Å². The van der Waals surface area contributed by atoms with E-state index in [2.05, 4.69) is 114 Å². The molecular formula is C39H36N4O. The Balaban J connectivity index is 1.29. The number of fused-ring (bicyclic) bond motifs is 3. The number of ether oxygens (including phenoxy) is 1. The van der Waals surface area contributed by atoms with Crippen molar-refractivity contribution >= 4 is 21.8 Å². The van der Waals surface area contributed by atoms with Crippen LogP contribution in [0.4, 0.5) is 0 Å². The van der Waals surface area contributed by atoms with Crippen molar-refractivity contribution in [3.63, 3.8) is 0 Å². The zero-order chi connectivity index (χ0) is 30.7. The maximum Gasteiger partial charge on any atom is 0.137 e. The zero-order valence-corrected chi connectivity index (χ0v) is 26.4. The first-order valence-electron chi connectivity index (χ1n) is 15.1. The average molecular weight is 577 g/mol. The number of para-hydroxylation sites is 1. The van der Waals surface area contributed by atoms with Crippen molar-refractivity contribution in [2.75, 3.05) is 0 Å². The Kier molecular flexibility index (Phi) is 6.62. The van der Waals surface area contributed by atoms with Crippen LogP contribution >= 0.6 is 0 Å². The van der Waals surface area contributed by atoms with Crippen LogP contribution in [0.1, 0.15) is 39.2 Å². The van der Waals surface area contributed by atoms with Gasteiger partial charge in [-0.15, -0.1) is 0 Å². The van der Waals surface area contributed by atoms with E-state index in [1.165, 1.54) is 44.3 Å². The van der Waals surface area contributed by atoms with Gasteiger partial charge < -0.3 is 4.74 Å². The quantitative estimate of drug-likeness (QED) is 0.205. The van der Waals surface area contributed by atoms with Crippen LogP contribution in [0.2, 0.25) is 0 Å². The highest BCUT2D eigenvalue weighted by Gasteiger charge is 2.20. The molecule has 3 heterocycles. The first-order chi connectivity index (χ1) is 21.2. The van der Waals surface area contributed by atoms with Gasteiger partial charge in [0.05, 0.1) is 22.4 Å². The molecule has 0 aliphatic rings. The van der Waals surface area contributed by atoms with E-state index in [1.807, 2.05) is 35.1 Å². The lowest BCUT2D eigenvalue weighted by Crippen LogP contribution is -2.00. The molecule has 3 aromatic heterocycles. The van der Waals surface area contributed by atoms with Crippen molar-refractivity contribution in [1.82, 2.24) is 19.3 Å². The van der Waals surface area contributed by atoms with E-state index in [4.69, 9.17) is 14.8 Å². The molecule has 4 aromatic carbocycles. The van der Waals surface area contributed by atoms with Gasteiger partial charge in [-0.25, -0.2) is 9.67 Å². The number of benzene rings is 4. The summed E-state index contributed by atoms with van der Waals surface area (Å²) in [4.78, 5) is 4.71. The molecule has 7 aromatic rings. The monoisotopic (exact) mass is 576 g/mol. The molecule has 0 aliphatic carbocycles. The standard InChI is InChI=1S/C39H36N4O/c1-23-17-18-40-37(19-23)42-35-14-9-8-13-33(35)34-16-15-32(22-36(34)42)44-31-12-10-11-30(21-31)43-29(7)39(28(6)41-43)38-26(4)24(2)20-25(3)27(38)5/h8-22H,1-7H3. The highest BCUT2D eigenvalue weighted by molar-refractivity contribution is 6.09. The fraction of sp³-hybridized carbons (Fsp3) is 0.179. The van der Waals surface area contributed by atoms with Gasteiger partial charge in [0.1, 0.15) is 17.3 Å². The summed E-state index contributed by atoms with van der Waals surface area (Å²) in [6.45, 7) is 15.2. The molecule has 5 nitrogen and oxygen atoms in total. The lowest BCUT2D eigenvalue weighted by atomic mass is 9.89. The SMILES string of the molecule is Cc1ccnc(-n2c3ccccc3c3ccc(Oc4cccc(-n5nc(C)c(-c6c(C)c(C)cc(C)c6C)c5C)c4)cc32)c1. The summed E-state index contributed by atoms with van der Waals surface area (Å²) in [6, 6.07) is 29.4. The van der Waals surface area contributed by atoms with E-state index in [0.29, 0.717) is 0 Å². The highest BCUT2D eigenvalue weighted by Crippen LogP contribution is 2.38. The van der Waals surface area contributed by atoms with E-state index in [-0.39, 0.29) is 0 Å². The van der Waals surface area contributed by atoms with E-state index >= 15 is 0 Å². The Morgan fingerprint density at radius 3 is 2.11 bits per heavy atom. The van der Waals surface area contributed by atoms with Gasteiger partial charge in [-0.05, 0) is 124 Å². The van der Waals surface area contributed by atoms with Crippen LogP contribution in [0.25, 0.3) is 44.4 Å². The minimum Gasteiger partial charge on any atom is -0.457 e. The van der Waals surface area contributed by atoms with Crippen molar-refractivity contribution in [1.29, 1.82) is 0 Å². The molecule has 0 N–H and O–H groups in total. The molecule has 218 valence electrons. The average Bonchev–Trinajstić information content (AvgIpc) is 3.49. The Morgan fingerprint density at radius 1 is 0.614 bits per heavy atom. The van der Waals surface area contributed by atoms with Crippen LogP contribution in [0.15, 0.2) is 91.1 Å². The van der Waals surface area contributed by atoms with Crippen LogP contribution in [-0.2, 0) is 0 Å². The molecule has 0 spiro atoms. The molecule has 0 atom stereocenters. The Labute approximate surface area is 258 Å². The second kappa shape index (κ2) is 10.5. The normalized spacial score (nSPS) is 11.5. The molecule has 7 rings (SSSR count). The van der Waals surface area contributed by atoms with E-state index < -0.39 is 0 Å².